The topological polar surface area (TPSA) is 97.0 Å². The summed E-state index contributed by atoms with van der Waals surface area (Å²) in [7, 11) is 1.19. The fourth-order valence-electron chi connectivity index (χ4n) is 1.99. The van der Waals surface area contributed by atoms with E-state index in [1.807, 2.05) is 0 Å². The van der Waals surface area contributed by atoms with Gasteiger partial charge in [0, 0.05) is 7.05 Å². The summed E-state index contributed by atoms with van der Waals surface area (Å²) in [4.78, 5) is 27.0. The largest absolute Gasteiger partial charge is 0.493 e. The molecule has 3 N–H and O–H groups in total. The number of hydrogen-bond acceptors (Lipinski definition) is 5. The molecule has 0 spiro atoms. The standard InChI is InChI=1S/C15H13F3N4O3/c1-20-14(24)22(25-13(23)15(16,17)18)12-5-4-10-6-9(8-21-19)2-3-11(10)7-12/h2-8H,19H2,1H3,(H,20,24)/b21-8+. The average Bonchev–Trinajstić information content (AvgIpc) is 2.57. The van der Waals surface area contributed by atoms with Crippen molar-refractivity contribution in [1.29, 1.82) is 0 Å². The Balaban J connectivity index is 2.41. The Morgan fingerprint density at radius 1 is 1.20 bits per heavy atom. The van der Waals surface area contributed by atoms with E-state index in [1.54, 1.807) is 24.3 Å². The van der Waals surface area contributed by atoms with E-state index < -0.39 is 18.2 Å². The summed E-state index contributed by atoms with van der Waals surface area (Å²) < 4.78 is 37.2. The van der Waals surface area contributed by atoms with Gasteiger partial charge in [0.25, 0.3) is 0 Å². The molecule has 0 unspecified atom stereocenters. The van der Waals surface area contributed by atoms with E-state index in [4.69, 9.17) is 5.84 Å². The van der Waals surface area contributed by atoms with Crippen LogP contribution < -0.4 is 16.2 Å². The van der Waals surface area contributed by atoms with E-state index in [0.717, 1.165) is 10.9 Å². The third-order valence-electron chi connectivity index (χ3n) is 3.11. The number of anilines is 1. The van der Waals surface area contributed by atoms with Crippen LogP contribution in [0.5, 0.6) is 0 Å². The highest BCUT2D eigenvalue weighted by Gasteiger charge is 2.43. The molecule has 2 aromatic carbocycles. The summed E-state index contributed by atoms with van der Waals surface area (Å²) in [5, 5.41) is 7.07. The first kappa shape index (κ1) is 18.0. The number of rotatable bonds is 2. The van der Waals surface area contributed by atoms with Crippen LogP contribution in [0, 0.1) is 0 Å². The molecular weight excluding hydrogens is 341 g/mol. The predicted octanol–water partition coefficient (Wildman–Crippen LogP) is 2.30. The molecule has 0 fully saturated rings. The van der Waals surface area contributed by atoms with Crippen molar-refractivity contribution in [2.45, 2.75) is 6.18 Å². The molecule has 0 aliphatic rings. The zero-order valence-corrected chi connectivity index (χ0v) is 12.9. The first-order chi connectivity index (χ1) is 11.8. The van der Waals surface area contributed by atoms with E-state index in [2.05, 4.69) is 15.3 Å². The summed E-state index contributed by atoms with van der Waals surface area (Å²) in [5.74, 6) is 2.57. The van der Waals surface area contributed by atoms with Gasteiger partial charge in [-0.2, -0.15) is 18.3 Å². The van der Waals surface area contributed by atoms with Gasteiger partial charge in [0.1, 0.15) is 0 Å². The van der Waals surface area contributed by atoms with E-state index in [-0.39, 0.29) is 10.8 Å². The van der Waals surface area contributed by atoms with Crippen molar-refractivity contribution < 1.29 is 27.6 Å². The monoisotopic (exact) mass is 354 g/mol. The van der Waals surface area contributed by atoms with Gasteiger partial charge in [-0.3, -0.25) is 0 Å². The van der Waals surface area contributed by atoms with Crippen molar-refractivity contribution in [2.24, 2.45) is 10.9 Å². The molecule has 0 atom stereocenters. The minimum atomic E-state index is -5.24. The van der Waals surface area contributed by atoms with E-state index in [0.29, 0.717) is 5.39 Å². The molecule has 0 bridgehead atoms. The van der Waals surface area contributed by atoms with Crippen molar-refractivity contribution in [2.75, 3.05) is 12.1 Å². The summed E-state index contributed by atoms with van der Waals surface area (Å²) in [5.41, 5.74) is 0.666. The Morgan fingerprint density at radius 2 is 1.84 bits per heavy atom. The van der Waals surface area contributed by atoms with Gasteiger partial charge in [0.05, 0.1) is 11.9 Å². The molecule has 0 heterocycles. The average molecular weight is 354 g/mol. The molecule has 0 aliphatic heterocycles. The molecular formula is C15H13F3N4O3. The highest BCUT2D eigenvalue weighted by atomic mass is 19.4. The normalized spacial score (nSPS) is 11.5. The summed E-state index contributed by atoms with van der Waals surface area (Å²) in [6.07, 6.45) is -3.81. The number of halogens is 3. The number of nitrogens with one attached hydrogen (secondary N) is 1. The molecule has 2 aromatic rings. The lowest BCUT2D eigenvalue weighted by atomic mass is 10.1. The van der Waals surface area contributed by atoms with Crippen LogP contribution >= 0.6 is 0 Å². The third-order valence-corrected chi connectivity index (χ3v) is 3.11. The van der Waals surface area contributed by atoms with Crippen molar-refractivity contribution in [3.8, 4) is 0 Å². The summed E-state index contributed by atoms with van der Waals surface area (Å²) >= 11 is 0. The van der Waals surface area contributed by atoms with E-state index >= 15 is 0 Å². The number of nitrogens with two attached hydrogens (primary N) is 1. The van der Waals surface area contributed by atoms with Crippen LogP contribution in [0.1, 0.15) is 5.56 Å². The number of carbonyl (C=O) groups excluding carboxylic acids is 2. The number of hydroxylamine groups is 1. The molecule has 2 amide bonds. The number of hydrogen-bond donors (Lipinski definition) is 2. The number of amides is 2. The number of carbonyl (C=O) groups is 2. The Kier molecular flexibility index (Phi) is 5.11. The number of nitrogens with zero attached hydrogens (tertiary/aromatic N) is 2. The van der Waals surface area contributed by atoms with Crippen LogP contribution in [0.2, 0.25) is 0 Å². The maximum absolute atomic E-state index is 12.4. The maximum Gasteiger partial charge on any atom is 0.493 e. The first-order valence-electron chi connectivity index (χ1n) is 6.84. The van der Waals surface area contributed by atoms with Gasteiger partial charge < -0.3 is 16.0 Å². The second kappa shape index (κ2) is 7.07. The maximum atomic E-state index is 12.4. The molecule has 0 radical (unpaired) electrons. The second-order valence-electron chi connectivity index (χ2n) is 4.80. The Hall–Kier alpha value is -3.30. The van der Waals surface area contributed by atoms with Gasteiger partial charge in [0.15, 0.2) is 0 Å². The lowest BCUT2D eigenvalue weighted by molar-refractivity contribution is -0.199. The number of hydrazone groups is 1. The van der Waals surface area contributed by atoms with Crippen LogP contribution in [0.4, 0.5) is 23.7 Å². The Bertz CT molecular complexity index is 836. The number of fused-ring (bicyclic) bond motifs is 1. The number of benzene rings is 2. The van der Waals surface area contributed by atoms with Crippen molar-refractivity contribution in [3.63, 3.8) is 0 Å². The summed E-state index contributed by atoms with van der Waals surface area (Å²) in [6, 6.07) is 8.32. The van der Waals surface area contributed by atoms with Crippen LogP contribution in [0.25, 0.3) is 10.8 Å². The van der Waals surface area contributed by atoms with Crippen LogP contribution in [-0.4, -0.2) is 31.4 Å². The Morgan fingerprint density at radius 3 is 2.44 bits per heavy atom. The quantitative estimate of drug-likeness (QED) is 0.491. The number of alkyl halides is 3. The van der Waals surface area contributed by atoms with Crippen molar-refractivity contribution >= 4 is 34.7 Å². The highest BCUT2D eigenvalue weighted by Crippen LogP contribution is 2.25. The third kappa shape index (κ3) is 4.16. The SMILES string of the molecule is CNC(=O)N(OC(=O)C(F)(F)F)c1ccc2cc(/C=N/N)ccc2c1. The lowest BCUT2D eigenvalue weighted by Gasteiger charge is -2.21. The van der Waals surface area contributed by atoms with Crippen LogP contribution in [0.15, 0.2) is 41.5 Å². The molecule has 0 aliphatic carbocycles. The summed E-state index contributed by atoms with van der Waals surface area (Å²) in [6.45, 7) is 0. The van der Waals surface area contributed by atoms with Gasteiger partial charge in [0.2, 0.25) is 0 Å². The Labute approximate surface area is 139 Å². The molecule has 132 valence electrons. The molecule has 2 rings (SSSR count). The van der Waals surface area contributed by atoms with Crippen molar-refractivity contribution in [3.05, 3.63) is 42.0 Å². The van der Waals surface area contributed by atoms with Crippen molar-refractivity contribution in [1.82, 2.24) is 5.32 Å². The zero-order chi connectivity index (χ0) is 18.6. The van der Waals surface area contributed by atoms with Crippen LogP contribution in [-0.2, 0) is 9.63 Å². The predicted molar refractivity (Wildman–Crippen MR) is 84.8 cm³/mol. The fraction of sp³-hybridized carbons (Fsp3) is 0.133. The van der Waals surface area contributed by atoms with E-state index in [9.17, 15) is 22.8 Å². The minimum Gasteiger partial charge on any atom is -0.338 e. The van der Waals surface area contributed by atoms with Gasteiger partial charge >= 0.3 is 18.2 Å². The fourth-order valence-corrected chi connectivity index (χ4v) is 1.99. The number of urea groups is 1. The molecule has 25 heavy (non-hydrogen) atoms. The molecule has 0 saturated heterocycles. The van der Waals surface area contributed by atoms with Gasteiger partial charge in [-0.15, -0.1) is 5.06 Å². The molecule has 0 saturated carbocycles. The lowest BCUT2D eigenvalue weighted by Crippen LogP contribution is -2.43. The van der Waals surface area contributed by atoms with E-state index in [1.165, 1.54) is 25.4 Å². The van der Waals surface area contributed by atoms with Gasteiger partial charge in [-0.25, -0.2) is 9.59 Å². The highest BCUT2D eigenvalue weighted by molar-refractivity contribution is 5.97. The van der Waals surface area contributed by atoms with Gasteiger partial charge in [-0.1, -0.05) is 18.2 Å². The second-order valence-corrected chi connectivity index (χ2v) is 4.80. The first-order valence-corrected chi connectivity index (χ1v) is 6.84. The smallest absolute Gasteiger partial charge is 0.338 e. The molecule has 10 heteroatoms. The molecule has 7 nitrogen and oxygen atoms in total. The van der Waals surface area contributed by atoms with Crippen LogP contribution in [0.3, 0.4) is 0 Å². The van der Waals surface area contributed by atoms with Gasteiger partial charge in [-0.05, 0) is 34.5 Å². The molecule has 0 aromatic heterocycles. The minimum absolute atomic E-state index is 0.0512. The zero-order valence-electron chi connectivity index (χ0n) is 12.9.